The Morgan fingerprint density at radius 3 is 2.77 bits per heavy atom. The van der Waals surface area contributed by atoms with Gasteiger partial charge in [-0.3, -0.25) is 0 Å². The summed E-state index contributed by atoms with van der Waals surface area (Å²) in [4.78, 5) is 0. The van der Waals surface area contributed by atoms with Crippen molar-refractivity contribution in [2.24, 2.45) is 5.92 Å². The number of nitrogens with one attached hydrogen (secondary N) is 1. The second kappa shape index (κ2) is 5.29. The lowest BCUT2D eigenvalue weighted by atomic mass is 9.77. The minimum absolute atomic E-state index is 0.0270. The van der Waals surface area contributed by atoms with Crippen molar-refractivity contribution in [3.63, 3.8) is 0 Å². The molecule has 112 valence electrons. The number of halogens is 3. The number of hydrogen-bond donors (Lipinski definition) is 1. The van der Waals surface area contributed by atoms with Crippen LogP contribution < -0.4 is 5.32 Å². The molecule has 0 saturated carbocycles. The van der Waals surface area contributed by atoms with Crippen LogP contribution in [0.4, 0.5) is 10.1 Å². The van der Waals surface area contributed by atoms with Crippen LogP contribution in [0.15, 0.2) is 48.6 Å². The van der Waals surface area contributed by atoms with Gasteiger partial charge in [-0.15, -0.1) is 0 Å². The van der Waals surface area contributed by atoms with Crippen LogP contribution in [0.1, 0.15) is 29.5 Å². The molecule has 3 atom stereocenters. The Hall–Kier alpha value is -1.51. The second-order valence-electron chi connectivity index (χ2n) is 5.85. The van der Waals surface area contributed by atoms with E-state index in [0.29, 0.717) is 21.7 Å². The fraction of sp³-hybridized carbons (Fsp3) is 0.222. The first-order valence-corrected chi connectivity index (χ1v) is 8.07. The minimum Gasteiger partial charge on any atom is -0.375 e. The number of rotatable bonds is 1. The molecule has 2 aromatic rings. The first-order chi connectivity index (χ1) is 10.6. The Kier molecular flexibility index (Phi) is 3.39. The van der Waals surface area contributed by atoms with Crippen LogP contribution in [0.2, 0.25) is 10.0 Å². The van der Waals surface area contributed by atoms with E-state index in [-0.39, 0.29) is 17.8 Å². The zero-order valence-corrected chi connectivity index (χ0v) is 13.2. The smallest absolute Gasteiger partial charge is 0.146 e. The highest BCUT2D eigenvalue weighted by molar-refractivity contribution is 6.42. The molecule has 0 unspecified atom stereocenters. The van der Waals surface area contributed by atoms with Crippen LogP contribution in [0, 0.1) is 11.7 Å². The summed E-state index contributed by atoms with van der Waals surface area (Å²) >= 11 is 12.2. The summed E-state index contributed by atoms with van der Waals surface area (Å²) in [6.45, 7) is 0. The molecule has 1 N–H and O–H groups in total. The SMILES string of the molecule is Fc1cccc2c1N[C@@H](c1ccc(Cl)c(Cl)c1)[C@@H]1CC=C[C@H]21. The van der Waals surface area contributed by atoms with Crippen molar-refractivity contribution < 1.29 is 4.39 Å². The van der Waals surface area contributed by atoms with Gasteiger partial charge in [-0.25, -0.2) is 4.39 Å². The van der Waals surface area contributed by atoms with Gasteiger partial charge in [0.25, 0.3) is 0 Å². The molecule has 2 aromatic carbocycles. The molecule has 0 spiro atoms. The van der Waals surface area contributed by atoms with Crippen molar-refractivity contribution in [1.82, 2.24) is 0 Å². The largest absolute Gasteiger partial charge is 0.375 e. The quantitative estimate of drug-likeness (QED) is 0.635. The summed E-state index contributed by atoms with van der Waals surface area (Å²) in [5, 5.41) is 4.45. The average Bonchev–Trinajstić information content (AvgIpc) is 3.00. The average molecular weight is 334 g/mol. The van der Waals surface area contributed by atoms with Crippen molar-refractivity contribution in [2.45, 2.75) is 18.4 Å². The molecule has 1 aliphatic carbocycles. The van der Waals surface area contributed by atoms with Gasteiger partial charge >= 0.3 is 0 Å². The predicted molar refractivity (Wildman–Crippen MR) is 89.2 cm³/mol. The Labute approximate surface area is 138 Å². The normalized spacial score (nSPS) is 25.5. The highest BCUT2D eigenvalue weighted by atomic mass is 35.5. The fourth-order valence-electron chi connectivity index (χ4n) is 3.62. The molecule has 0 fully saturated rings. The second-order valence-corrected chi connectivity index (χ2v) is 6.67. The maximum atomic E-state index is 14.2. The molecule has 0 saturated heterocycles. The van der Waals surface area contributed by atoms with E-state index in [1.54, 1.807) is 12.1 Å². The van der Waals surface area contributed by atoms with Gasteiger partial charge < -0.3 is 5.32 Å². The fourth-order valence-corrected chi connectivity index (χ4v) is 3.93. The molecule has 1 heterocycles. The van der Waals surface area contributed by atoms with Gasteiger partial charge in [-0.05, 0) is 41.7 Å². The Bertz CT molecular complexity index is 772. The number of fused-ring (bicyclic) bond motifs is 3. The molecule has 22 heavy (non-hydrogen) atoms. The predicted octanol–water partition coefficient (Wildman–Crippen LogP) is 5.96. The minimum atomic E-state index is -0.207. The molecule has 4 rings (SSSR count). The van der Waals surface area contributed by atoms with E-state index >= 15 is 0 Å². The number of benzene rings is 2. The first kappa shape index (κ1) is 14.1. The van der Waals surface area contributed by atoms with E-state index < -0.39 is 0 Å². The summed E-state index contributed by atoms with van der Waals surface area (Å²) < 4.78 is 14.2. The van der Waals surface area contributed by atoms with Crippen molar-refractivity contribution >= 4 is 28.9 Å². The van der Waals surface area contributed by atoms with Crippen LogP contribution in [0.5, 0.6) is 0 Å². The summed E-state index contributed by atoms with van der Waals surface area (Å²) in [5.74, 6) is 0.402. The highest BCUT2D eigenvalue weighted by Crippen LogP contribution is 2.50. The first-order valence-electron chi connectivity index (χ1n) is 7.31. The van der Waals surface area contributed by atoms with Crippen LogP contribution in [-0.4, -0.2) is 0 Å². The monoisotopic (exact) mass is 333 g/mol. The Morgan fingerprint density at radius 2 is 1.95 bits per heavy atom. The third-order valence-corrected chi connectivity index (χ3v) is 5.39. The molecular formula is C18H14Cl2FN. The number of para-hydroxylation sites is 1. The van der Waals surface area contributed by atoms with E-state index in [2.05, 4.69) is 17.5 Å². The summed E-state index contributed by atoms with van der Waals surface area (Å²) in [6, 6.07) is 10.9. The Morgan fingerprint density at radius 1 is 1.09 bits per heavy atom. The molecule has 0 aromatic heterocycles. The standard InChI is InChI=1S/C18H14Cl2FN/c19-14-8-7-10(9-15(14)20)17-12-4-1-3-11(12)13-5-2-6-16(21)18(13)22-17/h1-3,5-9,11-12,17,22H,4H2/t11-,12+,17-/m0/s1. The van der Waals surface area contributed by atoms with Crippen molar-refractivity contribution in [3.05, 3.63) is 75.5 Å². The van der Waals surface area contributed by atoms with Crippen LogP contribution >= 0.6 is 23.2 Å². The molecule has 4 heteroatoms. The van der Waals surface area contributed by atoms with Gasteiger partial charge in [-0.2, -0.15) is 0 Å². The zero-order valence-electron chi connectivity index (χ0n) is 11.7. The van der Waals surface area contributed by atoms with Gasteiger partial charge in [0.2, 0.25) is 0 Å². The van der Waals surface area contributed by atoms with Gasteiger partial charge in [0.05, 0.1) is 21.8 Å². The number of allylic oxidation sites excluding steroid dienone is 2. The van der Waals surface area contributed by atoms with Crippen LogP contribution in [-0.2, 0) is 0 Å². The Balaban J connectivity index is 1.82. The van der Waals surface area contributed by atoms with Gasteiger partial charge in [0.15, 0.2) is 0 Å². The molecular weight excluding hydrogens is 320 g/mol. The molecule has 0 amide bonds. The molecule has 0 bridgehead atoms. The van der Waals surface area contributed by atoms with E-state index in [9.17, 15) is 4.39 Å². The van der Waals surface area contributed by atoms with Crippen molar-refractivity contribution in [2.75, 3.05) is 5.32 Å². The number of hydrogen-bond acceptors (Lipinski definition) is 1. The highest BCUT2D eigenvalue weighted by Gasteiger charge is 2.38. The maximum absolute atomic E-state index is 14.2. The summed E-state index contributed by atoms with van der Waals surface area (Å²) in [7, 11) is 0. The van der Waals surface area contributed by atoms with Gasteiger partial charge in [-0.1, -0.05) is 53.6 Å². The van der Waals surface area contributed by atoms with E-state index in [1.807, 2.05) is 18.2 Å². The molecule has 1 aliphatic heterocycles. The lowest BCUT2D eigenvalue weighted by Gasteiger charge is -2.37. The van der Waals surface area contributed by atoms with Gasteiger partial charge in [0, 0.05) is 5.92 Å². The maximum Gasteiger partial charge on any atom is 0.146 e. The van der Waals surface area contributed by atoms with Crippen molar-refractivity contribution in [1.29, 1.82) is 0 Å². The van der Waals surface area contributed by atoms with E-state index in [1.165, 1.54) is 6.07 Å². The number of anilines is 1. The lowest BCUT2D eigenvalue weighted by molar-refractivity contribution is 0.421. The molecule has 2 aliphatic rings. The molecule has 0 radical (unpaired) electrons. The lowest BCUT2D eigenvalue weighted by Crippen LogP contribution is -2.29. The third-order valence-electron chi connectivity index (χ3n) is 4.65. The van der Waals surface area contributed by atoms with Crippen LogP contribution in [0.3, 0.4) is 0 Å². The van der Waals surface area contributed by atoms with E-state index in [4.69, 9.17) is 23.2 Å². The van der Waals surface area contributed by atoms with Gasteiger partial charge in [0.1, 0.15) is 5.82 Å². The topological polar surface area (TPSA) is 12.0 Å². The van der Waals surface area contributed by atoms with Crippen molar-refractivity contribution in [3.8, 4) is 0 Å². The van der Waals surface area contributed by atoms with Crippen LogP contribution in [0.25, 0.3) is 0 Å². The zero-order chi connectivity index (χ0) is 15.3. The molecule has 1 nitrogen and oxygen atoms in total. The third kappa shape index (κ3) is 2.13. The summed E-state index contributed by atoms with van der Waals surface area (Å²) in [6.07, 6.45) is 5.34. The van der Waals surface area contributed by atoms with E-state index in [0.717, 1.165) is 17.5 Å². The summed E-state index contributed by atoms with van der Waals surface area (Å²) in [5.41, 5.74) is 2.68.